The Morgan fingerprint density at radius 2 is 1.34 bits per heavy atom. The third-order valence-electron chi connectivity index (χ3n) is 13.8. The lowest BCUT2D eigenvalue weighted by atomic mass is 9.81. The van der Waals surface area contributed by atoms with Crippen LogP contribution in [0, 0.1) is 0 Å². The van der Waals surface area contributed by atoms with Crippen LogP contribution in [0.2, 0.25) is 0 Å². The van der Waals surface area contributed by atoms with E-state index in [2.05, 4.69) is 36.1 Å². The number of amides is 3. The zero-order chi connectivity index (χ0) is 62.5. The summed E-state index contributed by atoms with van der Waals surface area (Å²) in [6, 6.07) is 14.1. The van der Waals surface area contributed by atoms with Crippen LogP contribution in [-0.4, -0.2) is 140 Å². The topological polar surface area (TPSA) is 423 Å². The molecule has 0 bridgehead atoms. The first-order valence-corrected chi connectivity index (χ1v) is 34.3. The Labute approximate surface area is 495 Å². The third kappa shape index (κ3) is 16.9. The fraction of sp³-hybridized carbons (Fsp3) is 0.346. The summed E-state index contributed by atoms with van der Waals surface area (Å²) in [7, 11) is -22.2. The quantitative estimate of drug-likeness (QED) is 0.0123. The lowest BCUT2D eigenvalue weighted by Gasteiger charge is -2.27. The van der Waals surface area contributed by atoms with E-state index in [9.17, 15) is 74.7 Å². The summed E-state index contributed by atoms with van der Waals surface area (Å²) in [5, 5.41) is 20.0. The highest BCUT2D eigenvalue weighted by Gasteiger charge is 2.45. The highest BCUT2D eigenvalue weighted by Crippen LogP contribution is 2.49. The van der Waals surface area contributed by atoms with Gasteiger partial charge in [-0.15, -0.1) is 10.2 Å². The molecule has 3 amide bonds. The molecule has 5 aromatic rings. The number of nitrogens with zero attached hydrogens (tertiary/aromatic N) is 6. The van der Waals surface area contributed by atoms with Gasteiger partial charge in [0.25, 0.3) is 62.3 Å². The van der Waals surface area contributed by atoms with Crippen molar-refractivity contribution in [3.05, 3.63) is 137 Å². The Morgan fingerprint density at radius 3 is 1.95 bits per heavy atom. The van der Waals surface area contributed by atoms with Crippen LogP contribution in [0.25, 0.3) is 5.57 Å². The van der Waals surface area contributed by atoms with Crippen molar-refractivity contribution < 1.29 is 79.3 Å². The average Bonchev–Trinajstić information content (AvgIpc) is 1.67. The van der Waals surface area contributed by atoms with Crippen molar-refractivity contribution in [3.63, 3.8) is 0 Å². The van der Waals surface area contributed by atoms with Gasteiger partial charge in [-0.25, -0.2) is 13.6 Å². The van der Waals surface area contributed by atoms with Crippen molar-refractivity contribution in [3.8, 4) is 0 Å². The SMILES string of the molecule is CC1(C)C(/C=C/C(=C/C=C2/N(CCCS(=O)(=O)O)c3ccc(S(=O)(=O)O)cc3C2(C)C)c2ccc(C(=O)NCCCCCC(=O)NCc3ccc(C(=O)Nc4nnc(S(N)(=O)=O)s4)cn3)cn2)=[N+](CCCS(=O)(=O)O)c2ccc(S(=O)(=O)O)cc21. The zero-order valence-electron chi connectivity index (χ0n) is 46.0. The number of fused-ring (bicyclic) bond motifs is 2. The fourth-order valence-electron chi connectivity index (χ4n) is 9.56. The number of sulfonamides is 1. The van der Waals surface area contributed by atoms with Crippen LogP contribution in [0.4, 0.5) is 16.5 Å². The van der Waals surface area contributed by atoms with E-state index >= 15 is 0 Å². The number of pyridine rings is 2. The summed E-state index contributed by atoms with van der Waals surface area (Å²) in [5.41, 5.74) is 2.48. The van der Waals surface area contributed by atoms with Crippen molar-refractivity contribution in [2.24, 2.45) is 5.14 Å². The highest BCUT2D eigenvalue weighted by molar-refractivity contribution is 7.91. The molecule has 0 saturated heterocycles. The minimum Gasteiger partial charge on any atom is -0.352 e. The van der Waals surface area contributed by atoms with E-state index in [1.54, 1.807) is 67.5 Å². The number of rotatable bonds is 26. The summed E-state index contributed by atoms with van der Waals surface area (Å²) < 4.78 is 160. The van der Waals surface area contributed by atoms with Crippen LogP contribution in [0.5, 0.6) is 0 Å². The van der Waals surface area contributed by atoms with E-state index in [1.165, 1.54) is 67.0 Å². The molecule has 7 rings (SSSR count). The molecular formula is C52H61N10O17S6+. The average molecular weight is 1290 g/mol. The first-order valence-electron chi connectivity index (χ1n) is 25.8. The summed E-state index contributed by atoms with van der Waals surface area (Å²) in [4.78, 5) is 48.4. The molecule has 3 aromatic heterocycles. The summed E-state index contributed by atoms with van der Waals surface area (Å²) >= 11 is 0.583. The molecule has 456 valence electrons. The van der Waals surface area contributed by atoms with Crippen LogP contribution >= 0.6 is 11.3 Å². The number of benzene rings is 2. The molecule has 33 heteroatoms. The van der Waals surface area contributed by atoms with Gasteiger partial charge < -0.3 is 15.5 Å². The van der Waals surface area contributed by atoms with Gasteiger partial charge in [0.2, 0.25) is 21.1 Å². The van der Waals surface area contributed by atoms with E-state index in [4.69, 9.17) is 5.14 Å². The van der Waals surface area contributed by atoms with E-state index < -0.39 is 89.0 Å². The highest BCUT2D eigenvalue weighted by atomic mass is 32.3. The Kier molecular flexibility index (Phi) is 19.9. The number of allylic oxidation sites excluding steroid dienone is 6. The van der Waals surface area contributed by atoms with Gasteiger partial charge in [-0.1, -0.05) is 37.7 Å². The second-order valence-corrected chi connectivity index (χ2v) is 29.4. The Balaban J connectivity index is 1.08. The van der Waals surface area contributed by atoms with Gasteiger partial charge in [-0.05, 0) is 105 Å². The van der Waals surface area contributed by atoms with Gasteiger partial charge in [0.1, 0.15) is 6.54 Å². The second kappa shape index (κ2) is 25.9. The molecule has 0 saturated carbocycles. The van der Waals surface area contributed by atoms with Gasteiger partial charge in [0.15, 0.2) is 5.71 Å². The minimum absolute atomic E-state index is 0.0331. The molecular weight excluding hydrogens is 1230 g/mol. The first kappa shape index (κ1) is 65.5. The van der Waals surface area contributed by atoms with Gasteiger partial charge in [-0.2, -0.15) is 38.2 Å². The number of anilines is 2. The molecule has 2 aromatic carbocycles. The monoisotopic (exact) mass is 1290 g/mol. The first-order chi connectivity index (χ1) is 39.5. The summed E-state index contributed by atoms with van der Waals surface area (Å²) in [6.07, 6.45) is 11.1. The lowest BCUT2D eigenvalue weighted by Crippen LogP contribution is -2.28. The Morgan fingerprint density at radius 1 is 0.706 bits per heavy atom. The molecule has 2 aliphatic heterocycles. The van der Waals surface area contributed by atoms with E-state index in [0.717, 1.165) is 0 Å². The van der Waals surface area contributed by atoms with Gasteiger partial charge in [0.05, 0.1) is 55.8 Å². The van der Waals surface area contributed by atoms with Crippen LogP contribution in [-0.2, 0) is 72.7 Å². The number of hydrogen-bond donors (Lipinski definition) is 8. The zero-order valence-corrected chi connectivity index (χ0v) is 50.9. The fourth-order valence-corrected chi connectivity index (χ4v) is 12.9. The van der Waals surface area contributed by atoms with Gasteiger partial charge in [0, 0.05) is 78.4 Å². The maximum atomic E-state index is 13.4. The van der Waals surface area contributed by atoms with Crippen molar-refractivity contribution in [2.45, 2.75) is 97.7 Å². The normalized spacial score (nSPS) is 15.8. The Hall–Kier alpha value is -7.05. The van der Waals surface area contributed by atoms with Gasteiger partial charge >= 0.3 is 0 Å². The molecule has 85 heavy (non-hydrogen) atoms. The van der Waals surface area contributed by atoms with Crippen LogP contribution in [0.15, 0.2) is 117 Å². The third-order valence-corrected chi connectivity index (χ3v) is 19.3. The van der Waals surface area contributed by atoms with E-state index in [0.29, 0.717) is 81.5 Å². The smallest absolute Gasteiger partial charge is 0.294 e. The van der Waals surface area contributed by atoms with Gasteiger partial charge in [-0.3, -0.25) is 47.9 Å². The summed E-state index contributed by atoms with van der Waals surface area (Å²) in [5.74, 6) is -2.51. The number of primary sulfonamides is 1. The van der Waals surface area contributed by atoms with E-state index in [1.807, 2.05) is 0 Å². The molecule has 27 nitrogen and oxygen atoms in total. The van der Waals surface area contributed by atoms with Crippen molar-refractivity contribution >= 4 is 107 Å². The minimum atomic E-state index is -4.65. The van der Waals surface area contributed by atoms with E-state index in [-0.39, 0.29) is 77.4 Å². The molecule has 2 aliphatic rings. The molecule has 0 aliphatic carbocycles. The summed E-state index contributed by atoms with van der Waals surface area (Å²) in [6.45, 7) is 7.56. The number of carbonyl (C=O) groups is 3. The maximum Gasteiger partial charge on any atom is 0.294 e. The molecule has 0 atom stereocenters. The maximum absolute atomic E-state index is 13.4. The van der Waals surface area contributed by atoms with Crippen molar-refractivity contribution in [1.29, 1.82) is 0 Å². The molecule has 0 spiro atoms. The number of unbranched alkanes of at least 4 members (excludes halogenated alkanes) is 2. The largest absolute Gasteiger partial charge is 0.352 e. The lowest BCUT2D eigenvalue weighted by molar-refractivity contribution is -0.437. The standard InChI is InChI=1S/C52H60N10O17S6/c1-51(2)39-28-37(84(74,75)76)16-19-42(39)61(24-8-26-81(66,67)68)44(51)21-13-33(14-22-45-52(3,4)40-29-38(85(77,78)79)17-20-43(40)62(45)25-9-27-82(69,70)71)41-18-12-34(31-56-41)47(64)54-23-7-5-6-10-46(63)57-32-36-15-11-35(30-55-36)48(65)58-49-59-60-50(80-49)83(53,72)73/h11-22,28-31H,5-10,23-27,32H2,1-4H3,(H8-,53,54,57,58,59,63,64,65,66,67,68,69,70,71,72,73,74,75,76,77,78,79)/p+1. The van der Waals surface area contributed by atoms with Crippen LogP contribution < -0.4 is 26.0 Å². The van der Waals surface area contributed by atoms with Crippen molar-refractivity contribution in [2.75, 3.05) is 41.4 Å². The van der Waals surface area contributed by atoms with Crippen LogP contribution in [0.3, 0.4) is 0 Å². The predicted octanol–water partition coefficient (Wildman–Crippen LogP) is 4.58. The number of hydrogen-bond acceptors (Lipinski definition) is 19. The Bertz CT molecular complexity index is 4150. The van der Waals surface area contributed by atoms with Crippen molar-refractivity contribution in [1.82, 2.24) is 30.8 Å². The molecule has 0 fully saturated rings. The molecule has 9 N–H and O–H groups in total. The predicted molar refractivity (Wildman–Crippen MR) is 313 cm³/mol. The number of nitrogens with one attached hydrogen (secondary N) is 3. The number of nitrogens with two attached hydrogens (primary N) is 1. The number of carbonyl (C=O) groups excluding carboxylic acids is 3. The van der Waals surface area contributed by atoms with Crippen LogP contribution in [0.1, 0.15) is 109 Å². The second-order valence-electron chi connectivity index (χ2n) is 20.7. The molecule has 0 unspecified atom stereocenters. The molecule has 5 heterocycles. The molecule has 0 radical (unpaired) electrons. The number of aromatic nitrogens is 4.